The summed E-state index contributed by atoms with van der Waals surface area (Å²) in [5.41, 5.74) is 5.30. The van der Waals surface area contributed by atoms with Crippen LogP contribution in [0.15, 0.2) is 67.1 Å². The van der Waals surface area contributed by atoms with Gasteiger partial charge in [-0.3, -0.25) is 4.98 Å². The van der Waals surface area contributed by atoms with Crippen molar-refractivity contribution < 1.29 is 0 Å². The third-order valence-corrected chi connectivity index (χ3v) is 3.93. The molecule has 0 saturated heterocycles. The minimum absolute atomic E-state index is 0.734. The summed E-state index contributed by atoms with van der Waals surface area (Å²) in [6.07, 6.45) is 5.38. The topological polar surface area (TPSA) is 55.1 Å². The lowest BCUT2D eigenvalue weighted by atomic mass is 10.1. The molecule has 4 rings (SSSR count). The van der Waals surface area contributed by atoms with Crippen molar-refractivity contribution in [1.82, 2.24) is 19.6 Å². The van der Waals surface area contributed by atoms with Crippen molar-refractivity contribution in [2.24, 2.45) is 0 Å². The lowest BCUT2D eigenvalue weighted by molar-refractivity contribution is 0.931. The Morgan fingerprint density at radius 3 is 2.54 bits per heavy atom. The number of imidazole rings is 1. The molecule has 4 aromatic rings. The average molecular weight is 315 g/mol. The summed E-state index contributed by atoms with van der Waals surface area (Å²) < 4.78 is 1.85. The fourth-order valence-corrected chi connectivity index (χ4v) is 2.59. The van der Waals surface area contributed by atoms with Gasteiger partial charge in [0, 0.05) is 24.5 Å². The monoisotopic (exact) mass is 315 g/mol. The predicted molar refractivity (Wildman–Crippen MR) is 94.7 cm³/mol. The molecule has 0 bridgehead atoms. The maximum atomic E-state index is 4.67. The summed E-state index contributed by atoms with van der Waals surface area (Å²) in [4.78, 5) is 8.48. The first-order valence-corrected chi connectivity index (χ1v) is 7.84. The van der Waals surface area contributed by atoms with E-state index in [9.17, 15) is 0 Å². The number of nitrogens with zero attached hydrogens (tertiary/aromatic N) is 4. The van der Waals surface area contributed by atoms with Crippen LogP contribution in [0.4, 0.5) is 5.82 Å². The van der Waals surface area contributed by atoms with E-state index in [1.54, 1.807) is 12.4 Å². The van der Waals surface area contributed by atoms with E-state index >= 15 is 0 Å². The molecule has 0 aliphatic carbocycles. The molecule has 3 aromatic heterocycles. The Labute approximate surface area is 140 Å². The number of aromatic nitrogens is 4. The summed E-state index contributed by atoms with van der Waals surface area (Å²) in [6.45, 7) is 2.82. The van der Waals surface area contributed by atoms with Gasteiger partial charge in [-0.05, 0) is 36.8 Å². The van der Waals surface area contributed by atoms with E-state index in [1.807, 2.05) is 35.0 Å². The molecule has 0 spiro atoms. The zero-order valence-corrected chi connectivity index (χ0v) is 13.3. The van der Waals surface area contributed by atoms with Crippen molar-refractivity contribution in [1.29, 1.82) is 0 Å². The molecule has 5 nitrogen and oxygen atoms in total. The fraction of sp³-hybridized carbons (Fsp3) is 0.105. The van der Waals surface area contributed by atoms with E-state index in [0.29, 0.717) is 0 Å². The molecule has 3 heterocycles. The first-order valence-electron chi connectivity index (χ1n) is 7.84. The van der Waals surface area contributed by atoms with Gasteiger partial charge in [0.05, 0.1) is 11.9 Å². The van der Waals surface area contributed by atoms with Crippen LogP contribution in [0.2, 0.25) is 0 Å². The van der Waals surface area contributed by atoms with Gasteiger partial charge >= 0.3 is 0 Å². The lowest BCUT2D eigenvalue weighted by Crippen LogP contribution is -2.04. The molecule has 1 aromatic carbocycles. The molecule has 0 saturated carbocycles. The van der Waals surface area contributed by atoms with Gasteiger partial charge in [-0.15, -0.1) is 5.10 Å². The van der Waals surface area contributed by atoms with Crippen LogP contribution in [-0.4, -0.2) is 19.6 Å². The summed E-state index contributed by atoms with van der Waals surface area (Å²) in [6, 6.07) is 16.3. The quantitative estimate of drug-likeness (QED) is 0.624. The highest BCUT2D eigenvalue weighted by Crippen LogP contribution is 2.20. The maximum Gasteiger partial charge on any atom is 0.154 e. The van der Waals surface area contributed by atoms with Crippen molar-refractivity contribution in [3.8, 4) is 11.3 Å². The van der Waals surface area contributed by atoms with Crippen LogP contribution in [0.5, 0.6) is 0 Å². The molecule has 118 valence electrons. The van der Waals surface area contributed by atoms with E-state index < -0.39 is 0 Å². The molecule has 0 atom stereocenters. The van der Waals surface area contributed by atoms with Gasteiger partial charge in [0.25, 0.3) is 0 Å². The van der Waals surface area contributed by atoms with Crippen molar-refractivity contribution in [3.63, 3.8) is 0 Å². The van der Waals surface area contributed by atoms with Crippen molar-refractivity contribution in [2.75, 3.05) is 5.32 Å². The first kappa shape index (κ1) is 14.4. The van der Waals surface area contributed by atoms with Gasteiger partial charge in [0.15, 0.2) is 5.65 Å². The number of benzene rings is 1. The third kappa shape index (κ3) is 2.84. The van der Waals surface area contributed by atoms with Gasteiger partial charge in [0.1, 0.15) is 5.82 Å². The number of anilines is 1. The Balaban J connectivity index is 1.61. The van der Waals surface area contributed by atoms with Crippen LogP contribution in [0.25, 0.3) is 16.9 Å². The molecule has 0 aliphatic rings. The highest BCUT2D eigenvalue weighted by atomic mass is 15.3. The van der Waals surface area contributed by atoms with Gasteiger partial charge in [-0.25, -0.2) is 9.50 Å². The normalized spacial score (nSPS) is 10.9. The highest BCUT2D eigenvalue weighted by Gasteiger charge is 2.07. The average Bonchev–Trinajstić information content (AvgIpc) is 3.05. The number of fused-ring (bicyclic) bond motifs is 1. The number of pyridine rings is 1. The van der Waals surface area contributed by atoms with E-state index in [4.69, 9.17) is 0 Å². The van der Waals surface area contributed by atoms with Crippen LogP contribution < -0.4 is 5.32 Å². The number of rotatable bonds is 4. The van der Waals surface area contributed by atoms with Crippen LogP contribution in [0.3, 0.4) is 0 Å². The number of aryl methyl sites for hydroxylation is 1. The Bertz CT molecular complexity index is 958. The van der Waals surface area contributed by atoms with Crippen molar-refractivity contribution >= 4 is 11.5 Å². The second kappa shape index (κ2) is 6.12. The second-order valence-corrected chi connectivity index (χ2v) is 5.71. The van der Waals surface area contributed by atoms with Crippen LogP contribution >= 0.6 is 0 Å². The van der Waals surface area contributed by atoms with Crippen LogP contribution in [0, 0.1) is 6.92 Å². The molecule has 0 fully saturated rings. The highest BCUT2D eigenvalue weighted by molar-refractivity contribution is 5.63. The predicted octanol–water partition coefficient (Wildman–Crippen LogP) is 3.71. The second-order valence-electron chi connectivity index (χ2n) is 5.71. The van der Waals surface area contributed by atoms with Gasteiger partial charge in [0.2, 0.25) is 0 Å². The van der Waals surface area contributed by atoms with Gasteiger partial charge < -0.3 is 5.32 Å². The Morgan fingerprint density at radius 2 is 1.75 bits per heavy atom. The van der Waals surface area contributed by atoms with Crippen molar-refractivity contribution in [2.45, 2.75) is 13.5 Å². The zero-order valence-electron chi connectivity index (χ0n) is 13.3. The van der Waals surface area contributed by atoms with Gasteiger partial charge in [-0.2, -0.15) is 0 Å². The number of hydrogen-bond donors (Lipinski definition) is 1. The molecular formula is C19H17N5. The molecule has 24 heavy (non-hydrogen) atoms. The first-order chi connectivity index (χ1) is 11.8. The van der Waals surface area contributed by atoms with Gasteiger partial charge in [-0.1, -0.05) is 29.8 Å². The summed E-state index contributed by atoms with van der Waals surface area (Å²) in [5.74, 6) is 0.816. The molecule has 0 amide bonds. The summed E-state index contributed by atoms with van der Waals surface area (Å²) >= 11 is 0. The molecule has 0 aliphatic heterocycles. The molecule has 1 N–H and O–H groups in total. The number of nitrogens with one attached hydrogen (secondary N) is 1. The van der Waals surface area contributed by atoms with E-state index in [0.717, 1.165) is 29.3 Å². The maximum absolute atomic E-state index is 4.67. The Morgan fingerprint density at radius 1 is 0.958 bits per heavy atom. The number of hydrogen-bond acceptors (Lipinski definition) is 4. The minimum atomic E-state index is 0.734. The molecule has 5 heteroatoms. The van der Waals surface area contributed by atoms with E-state index in [1.165, 1.54) is 11.1 Å². The zero-order chi connectivity index (χ0) is 16.4. The Hall–Kier alpha value is -3.21. The largest absolute Gasteiger partial charge is 0.365 e. The Kier molecular flexibility index (Phi) is 3.67. The minimum Gasteiger partial charge on any atom is -0.365 e. The molecule has 0 unspecified atom stereocenters. The van der Waals surface area contributed by atoms with E-state index in [-0.39, 0.29) is 0 Å². The fourth-order valence-electron chi connectivity index (χ4n) is 2.59. The van der Waals surface area contributed by atoms with Crippen LogP contribution in [-0.2, 0) is 6.54 Å². The standard InChI is InChI=1S/C19H17N5/c1-14-2-4-15(5-3-14)12-21-18-6-7-19-22-13-17(24(19)23-18)16-8-10-20-11-9-16/h2-11,13H,12H2,1H3,(H,21,23). The molecule has 0 radical (unpaired) electrons. The molecular weight excluding hydrogens is 298 g/mol. The summed E-state index contributed by atoms with van der Waals surface area (Å²) in [7, 11) is 0. The lowest BCUT2D eigenvalue weighted by Gasteiger charge is -2.07. The van der Waals surface area contributed by atoms with Crippen molar-refractivity contribution in [3.05, 3.63) is 78.2 Å². The third-order valence-electron chi connectivity index (χ3n) is 3.93. The van der Waals surface area contributed by atoms with E-state index in [2.05, 4.69) is 51.6 Å². The smallest absolute Gasteiger partial charge is 0.154 e. The SMILES string of the molecule is Cc1ccc(CNc2ccc3ncc(-c4ccncc4)n3n2)cc1. The van der Waals surface area contributed by atoms with Crippen LogP contribution in [0.1, 0.15) is 11.1 Å². The summed E-state index contributed by atoms with van der Waals surface area (Å²) in [5, 5.41) is 8.04.